The topological polar surface area (TPSA) is 61.7 Å². The van der Waals surface area contributed by atoms with Crippen LogP contribution in [0.15, 0.2) is 0 Å². The minimum atomic E-state index is 0.301. The van der Waals surface area contributed by atoms with Gasteiger partial charge in [-0.15, -0.1) is 0 Å². The first-order chi connectivity index (χ1) is 6.52. The normalized spacial score (nSPS) is 11.8. The Morgan fingerprint density at radius 3 is 2.57 bits per heavy atom. The molecule has 2 aromatic heterocycles. The summed E-state index contributed by atoms with van der Waals surface area (Å²) in [6.45, 7) is 6.11. The van der Waals surface area contributed by atoms with Crippen molar-refractivity contribution >= 4 is 17.1 Å². The van der Waals surface area contributed by atoms with E-state index in [4.69, 9.17) is 5.73 Å². The molecule has 0 amide bonds. The second-order valence-corrected chi connectivity index (χ2v) is 3.81. The van der Waals surface area contributed by atoms with Gasteiger partial charge in [0.25, 0.3) is 0 Å². The lowest BCUT2D eigenvalue weighted by atomic mass is 10.4. The SMILES string of the molecule is Cc1nn(C)c2c1nc(N)n2C(C)C. The maximum atomic E-state index is 5.85. The van der Waals surface area contributed by atoms with Crippen LogP contribution >= 0.6 is 0 Å². The summed E-state index contributed by atoms with van der Waals surface area (Å²) in [5.74, 6) is 0.561. The van der Waals surface area contributed by atoms with E-state index in [1.165, 1.54) is 0 Å². The molecular weight excluding hydrogens is 178 g/mol. The number of aromatic nitrogens is 4. The quantitative estimate of drug-likeness (QED) is 0.741. The van der Waals surface area contributed by atoms with Gasteiger partial charge in [-0.2, -0.15) is 5.10 Å². The molecule has 0 unspecified atom stereocenters. The van der Waals surface area contributed by atoms with Crippen LogP contribution in [0.5, 0.6) is 0 Å². The zero-order chi connectivity index (χ0) is 10.5. The first-order valence-corrected chi connectivity index (χ1v) is 4.69. The molecule has 2 rings (SSSR count). The molecule has 2 aromatic rings. The molecule has 0 atom stereocenters. The maximum Gasteiger partial charge on any atom is 0.202 e. The molecule has 0 bridgehead atoms. The van der Waals surface area contributed by atoms with Gasteiger partial charge in [-0.3, -0.25) is 9.25 Å². The predicted molar refractivity (Wildman–Crippen MR) is 56.0 cm³/mol. The van der Waals surface area contributed by atoms with Crippen LogP contribution in [0.1, 0.15) is 25.6 Å². The third kappa shape index (κ3) is 1.01. The molecule has 5 nitrogen and oxygen atoms in total. The van der Waals surface area contributed by atoms with Crippen molar-refractivity contribution in [1.82, 2.24) is 19.3 Å². The molecule has 2 heterocycles. The number of aryl methyl sites for hydroxylation is 2. The number of rotatable bonds is 1. The number of nitrogens with two attached hydrogens (primary N) is 1. The van der Waals surface area contributed by atoms with Gasteiger partial charge in [0, 0.05) is 13.1 Å². The van der Waals surface area contributed by atoms with Gasteiger partial charge in [0.15, 0.2) is 5.65 Å². The molecule has 0 aliphatic heterocycles. The lowest BCUT2D eigenvalue weighted by molar-refractivity contribution is 0.603. The molecule has 0 saturated heterocycles. The van der Waals surface area contributed by atoms with E-state index in [2.05, 4.69) is 23.9 Å². The molecule has 14 heavy (non-hydrogen) atoms. The summed E-state index contributed by atoms with van der Waals surface area (Å²) in [5.41, 5.74) is 8.67. The molecular formula is C9H15N5. The number of nitrogens with zero attached hydrogens (tertiary/aromatic N) is 4. The highest BCUT2D eigenvalue weighted by Crippen LogP contribution is 2.23. The minimum absolute atomic E-state index is 0.301. The van der Waals surface area contributed by atoms with E-state index in [0.29, 0.717) is 12.0 Å². The summed E-state index contributed by atoms with van der Waals surface area (Å²) in [6, 6.07) is 0.301. The molecule has 0 saturated carbocycles. The largest absolute Gasteiger partial charge is 0.369 e. The van der Waals surface area contributed by atoms with Crippen LogP contribution in [0.25, 0.3) is 11.2 Å². The summed E-state index contributed by atoms with van der Waals surface area (Å²) in [5, 5.41) is 4.31. The average Bonchev–Trinajstić information content (AvgIpc) is 2.52. The van der Waals surface area contributed by atoms with Crippen molar-refractivity contribution < 1.29 is 0 Å². The summed E-state index contributed by atoms with van der Waals surface area (Å²) in [6.07, 6.45) is 0. The van der Waals surface area contributed by atoms with Gasteiger partial charge in [0.05, 0.1) is 5.69 Å². The Balaban J connectivity index is 2.86. The summed E-state index contributed by atoms with van der Waals surface area (Å²) in [4.78, 5) is 4.31. The van der Waals surface area contributed by atoms with Crippen LogP contribution in [0.4, 0.5) is 5.95 Å². The van der Waals surface area contributed by atoms with Gasteiger partial charge in [0.1, 0.15) is 5.52 Å². The van der Waals surface area contributed by atoms with E-state index in [9.17, 15) is 0 Å². The smallest absolute Gasteiger partial charge is 0.202 e. The lowest BCUT2D eigenvalue weighted by Gasteiger charge is -2.09. The van der Waals surface area contributed by atoms with Crippen LogP contribution in [0.2, 0.25) is 0 Å². The second kappa shape index (κ2) is 2.73. The number of fused-ring (bicyclic) bond motifs is 1. The number of anilines is 1. The van der Waals surface area contributed by atoms with Gasteiger partial charge in [-0.05, 0) is 20.8 Å². The molecule has 0 aromatic carbocycles. The zero-order valence-corrected chi connectivity index (χ0v) is 8.94. The minimum Gasteiger partial charge on any atom is -0.369 e. The molecule has 0 fully saturated rings. The van der Waals surface area contributed by atoms with Crippen LogP contribution in [0.3, 0.4) is 0 Å². The molecule has 0 aliphatic carbocycles. The van der Waals surface area contributed by atoms with Crippen molar-refractivity contribution in [2.75, 3.05) is 5.73 Å². The van der Waals surface area contributed by atoms with Crippen LogP contribution in [0, 0.1) is 6.92 Å². The van der Waals surface area contributed by atoms with E-state index in [-0.39, 0.29) is 0 Å². The van der Waals surface area contributed by atoms with Crippen molar-refractivity contribution in [3.05, 3.63) is 5.69 Å². The molecule has 2 N–H and O–H groups in total. The highest BCUT2D eigenvalue weighted by atomic mass is 15.3. The number of imidazole rings is 1. The van der Waals surface area contributed by atoms with E-state index < -0.39 is 0 Å². The first kappa shape index (κ1) is 9.05. The summed E-state index contributed by atoms with van der Waals surface area (Å²) < 4.78 is 3.82. The Labute approximate surface area is 82.5 Å². The fourth-order valence-corrected chi connectivity index (χ4v) is 1.82. The molecule has 0 spiro atoms. The van der Waals surface area contributed by atoms with Crippen molar-refractivity contribution in [3.63, 3.8) is 0 Å². The first-order valence-electron chi connectivity index (χ1n) is 4.69. The van der Waals surface area contributed by atoms with Gasteiger partial charge < -0.3 is 5.73 Å². The van der Waals surface area contributed by atoms with Gasteiger partial charge in [-0.25, -0.2) is 4.98 Å². The molecule has 76 valence electrons. The third-order valence-corrected chi connectivity index (χ3v) is 2.38. The molecule has 5 heteroatoms. The number of hydrogen-bond acceptors (Lipinski definition) is 3. The van der Waals surface area contributed by atoms with E-state index in [0.717, 1.165) is 16.9 Å². The summed E-state index contributed by atoms with van der Waals surface area (Å²) in [7, 11) is 1.91. The molecule has 0 radical (unpaired) electrons. The Morgan fingerprint density at radius 2 is 2.00 bits per heavy atom. The summed E-state index contributed by atoms with van der Waals surface area (Å²) >= 11 is 0. The predicted octanol–water partition coefficient (Wildman–Crippen LogP) is 1.24. The maximum absolute atomic E-state index is 5.85. The van der Waals surface area contributed by atoms with Crippen molar-refractivity contribution in [1.29, 1.82) is 0 Å². The highest BCUT2D eigenvalue weighted by Gasteiger charge is 2.16. The Morgan fingerprint density at radius 1 is 1.36 bits per heavy atom. The highest BCUT2D eigenvalue weighted by molar-refractivity contribution is 5.77. The third-order valence-electron chi connectivity index (χ3n) is 2.38. The van der Waals surface area contributed by atoms with E-state index in [1.54, 1.807) is 0 Å². The fraction of sp³-hybridized carbons (Fsp3) is 0.556. The van der Waals surface area contributed by atoms with Crippen LogP contribution in [-0.2, 0) is 7.05 Å². The second-order valence-electron chi connectivity index (χ2n) is 3.81. The van der Waals surface area contributed by atoms with Gasteiger partial charge >= 0.3 is 0 Å². The Hall–Kier alpha value is -1.52. The van der Waals surface area contributed by atoms with E-state index >= 15 is 0 Å². The van der Waals surface area contributed by atoms with Crippen molar-refractivity contribution in [2.24, 2.45) is 7.05 Å². The fourth-order valence-electron chi connectivity index (χ4n) is 1.82. The molecule has 0 aliphatic rings. The van der Waals surface area contributed by atoms with Crippen LogP contribution in [-0.4, -0.2) is 19.3 Å². The Bertz CT molecular complexity index is 477. The van der Waals surface area contributed by atoms with Gasteiger partial charge in [0.2, 0.25) is 5.95 Å². The monoisotopic (exact) mass is 193 g/mol. The average molecular weight is 193 g/mol. The number of nitrogen functional groups attached to an aromatic ring is 1. The van der Waals surface area contributed by atoms with E-state index in [1.807, 2.05) is 23.2 Å². The lowest BCUT2D eigenvalue weighted by Crippen LogP contribution is -2.08. The van der Waals surface area contributed by atoms with Crippen LogP contribution < -0.4 is 5.73 Å². The standard InChI is InChI=1S/C9H15N5/c1-5(2)14-8-7(11-9(14)10)6(3)12-13(8)4/h5H,1-4H3,(H2,10,11). The van der Waals surface area contributed by atoms with Crippen molar-refractivity contribution in [2.45, 2.75) is 26.8 Å². The van der Waals surface area contributed by atoms with Crippen molar-refractivity contribution in [3.8, 4) is 0 Å². The van der Waals surface area contributed by atoms with Gasteiger partial charge in [-0.1, -0.05) is 0 Å². The number of hydrogen-bond donors (Lipinski definition) is 1. The zero-order valence-electron chi connectivity index (χ0n) is 8.94. The Kier molecular flexibility index (Phi) is 1.77.